The van der Waals surface area contributed by atoms with Crippen molar-refractivity contribution in [3.05, 3.63) is 94.9 Å². The number of benzene rings is 3. The van der Waals surface area contributed by atoms with Gasteiger partial charge in [0.15, 0.2) is 5.16 Å². The number of aryl methyl sites for hydroxylation is 1. The molecule has 5 rings (SSSR count). The van der Waals surface area contributed by atoms with E-state index in [2.05, 4.69) is 10.3 Å². The highest BCUT2D eigenvalue weighted by atomic mass is 32.2. The maximum atomic E-state index is 13.5. The molecule has 3 aromatic carbocycles. The number of rotatable bonds is 8. The maximum Gasteiger partial charge on any atom is 0.266 e. The Morgan fingerprint density at radius 2 is 1.82 bits per heavy atom. The fraction of sp³-hybridized carbons (Fsp3) is 0.138. The third-order valence-corrected chi connectivity index (χ3v) is 8.25. The summed E-state index contributed by atoms with van der Waals surface area (Å²) in [5.41, 5.74) is 3.98. The maximum absolute atomic E-state index is 13.5. The number of thiocarbonyl (C=S) groups is 1. The lowest BCUT2D eigenvalue weighted by Crippen LogP contribution is -2.31. The molecule has 0 atom stereocenters. The van der Waals surface area contributed by atoms with Gasteiger partial charge in [-0.25, -0.2) is 4.98 Å². The van der Waals surface area contributed by atoms with E-state index in [0.717, 1.165) is 16.8 Å². The second-order valence-electron chi connectivity index (χ2n) is 8.81. The number of hydrogen-bond acceptors (Lipinski definition) is 7. The Labute approximate surface area is 239 Å². The average molecular weight is 573 g/mol. The van der Waals surface area contributed by atoms with Gasteiger partial charge in [0.2, 0.25) is 11.8 Å². The SMILES string of the molecule is Cc1cccc(NC(=O)CSc2nc3ccccc3n2C(=O)CCN2C(=O)/C(=C\c3ccccc3)SC2=S)c1. The molecule has 0 unspecified atom stereocenters. The molecule has 10 heteroatoms. The minimum atomic E-state index is -0.230. The number of carbonyl (C=O) groups excluding carboxylic acids is 3. The molecule has 1 fully saturated rings. The molecule has 1 aliphatic rings. The van der Waals surface area contributed by atoms with E-state index in [0.29, 0.717) is 25.4 Å². The molecule has 1 aromatic heterocycles. The molecule has 196 valence electrons. The summed E-state index contributed by atoms with van der Waals surface area (Å²) in [5, 5.41) is 3.31. The molecule has 7 nitrogen and oxygen atoms in total. The summed E-state index contributed by atoms with van der Waals surface area (Å²) < 4.78 is 1.95. The number of anilines is 1. The van der Waals surface area contributed by atoms with Crippen molar-refractivity contribution in [1.29, 1.82) is 0 Å². The van der Waals surface area contributed by atoms with Gasteiger partial charge in [-0.2, -0.15) is 0 Å². The molecule has 0 aliphatic carbocycles. The average Bonchev–Trinajstić information content (AvgIpc) is 3.42. The molecule has 39 heavy (non-hydrogen) atoms. The standard InChI is InChI=1S/C29H24N4O3S3/c1-19-8-7-11-21(16-19)30-25(34)18-38-28-31-22-12-5-6-13-23(22)33(28)26(35)14-15-32-27(36)24(39-29(32)37)17-20-9-3-2-4-10-20/h2-13,16-17H,14-15,18H2,1H3,(H,30,34)/b24-17+. The number of carbonyl (C=O) groups is 3. The minimum Gasteiger partial charge on any atom is -0.325 e. The Morgan fingerprint density at radius 3 is 2.62 bits per heavy atom. The first kappa shape index (κ1) is 26.9. The van der Waals surface area contributed by atoms with Gasteiger partial charge in [0, 0.05) is 18.7 Å². The molecule has 4 aromatic rings. The Morgan fingerprint density at radius 1 is 1.05 bits per heavy atom. The fourth-order valence-corrected chi connectivity index (χ4v) is 6.24. The van der Waals surface area contributed by atoms with Crippen LogP contribution in [0, 0.1) is 6.92 Å². The second kappa shape index (κ2) is 12.0. The molecule has 0 spiro atoms. The van der Waals surface area contributed by atoms with E-state index >= 15 is 0 Å². The van der Waals surface area contributed by atoms with Gasteiger partial charge in [-0.1, -0.05) is 90.3 Å². The molecule has 0 radical (unpaired) electrons. The first-order valence-electron chi connectivity index (χ1n) is 12.2. The van der Waals surface area contributed by atoms with Crippen LogP contribution in [0.15, 0.2) is 88.9 Å². The smallest absolute Gasteiger partial charge is 0.266 e. The monoisotopic (exact) mass is 572 g/mol. The van der Waals surface area contributed by atoms with E-state index in [1.807, 2.05) is 85.8 Å². The zero-order valence-electron chi connectivity index (χ0n) is 21.0. The Kier molecular flexibility index (Phi) is 8.25. The molecular formula is C29H24N4O3S3. The first-order valence-corrected chi connectivity index (χ1v) is 14.4. The van der Waals surface area contributed by atoms with Crippen molar-refractivity contribution >= 4 is 80.6 Å². The van der Waals surface area contributed by atoms with Crippen LogP contribution >= 0.6 is 35.7 Å². The quantitative estimate of drug-likeness (QED) is 0.157. The summed E-state index contributed by atoms with van der Waals surface area (Å²) in [6.45, 7) is 2.11. The van der Waals surface area contributed by atoms with Gasteiger partial charge in [-0.15, -0.1) is 0 Å². The van der Waals surface area contributed by atoms with Crippen molar-refractivity contribution in [1.82, 2.24) is 14.5 Å². The largest absolute Gasteiger partial charge is 0.325 e. The summed E-state index contributed by atoms with van der Waals surface area (Å²) in [6, 6.07) is 24.5. The minimum absolute atomic E-state index is 0.0501. The topological polar surface area (TPSA) is 84.3 Å². The highest BCUT2D eigenvalue weighted by Gasteiger charge is 2.32. The summed E-state index contributed by atoms with van der Waals surface area (Å²) in [7, 11) is 0. The summed E-state index contributed by atoms with van der Waals surface area (Å²) >= 11 is 7.87. The highest BCUT2D eigenvalue weighted by Crippen LogP contribution is 2.33. The number of imidazole rings is 1. The van der Waals surface area contributed by atoms with Crippen molar-refractivity contribution in [3.63, 3.8) is 0 Å². The summed E-state index contributed by atoms with van der Waals surface area (Å²) in [5.74, 6) is -0.547. The van der Waals surface area contributed by atoms with Crippen LogP contribution in [0.4, 0.5) is 5.69 Å². The van der Waals surface area contributed by atoms with Crippen LogP contribution in [0.3, 0.4) is 0 Å². The van der Waals surface area contributed by atoms with Crippen LogP contribution in [0.1, 0.15) is 22.3 Å². The fourth-order valence-electron chi connectivity index (χ4n) is 4.10. The van der Waals surface area contributed by atoms with E-state index < -0.39 is 0 Å². The third kappa shape index (κ3) is 6.30. The lowest BCUT2D eigenvalue weighted by Gasteiger charge is -2.15. The lowest BCUT2D eigenvalue weighted by atomic mass is 10.2. The normalized spacial score (nSPS) is 14.4. The van der Waals surface area contributed by atoms with Gasteiger partial charge in [-0.05, 0) is 48.4 Å². The summed E-state index contributed by atoms with van der Waals surface area (Å²) in [4.78, 5) is 45.7. The van der Waals surface area contributed by atoms with Crippen molar-refractivity contribution in [3.8, 4) is 0 Å². The number of thioether (sulfide) groups is 2. The number of para-hydroxylation sites is 2. The molecule has 2 amide bonds. The molecule has 0 saturated carbocycles. The van der Waals surface area contributed by atoms with Gasteiger partial charge < -0.3 is 5.32 Å². The number of nitrogens with one attached hydrogen (secondary N) is 1. The van der Waals surface area contributed by atoms with Gasteiger partial charge in [0.1, 0.15) is 4.32 Å². The molecule has 0 bridgehead atoms. The van der Waals surface area contributed by atoms with E-state index in [9.17, 15) is 14.4 Å². The highest BCUT2D eigenvalue weighted by molar-refractivity contribution is 8.26. The van der Waals surface area contributed by atoms with E-state index in [4.69, 9.17) is 12.2 Å². The van der Waals surface area contributed by atoms with Crippen LogP contribution in [0.25, 0.3) is 17.1 Å². The molecule has 1 saturated heterocycles. The van der Waals surface area contributed by atoms with Crippen molar-refractivity contribution in [2.24, 2.45) is 0 Å². The van der Waals surface area contributed by atoms with E-state index in [1.54, 1.807) is 6.08 Å². The Bertz CT molecular complexity index is 1610. The Balaban J connectivity index is 1.28. The number of nitrogens with zero attached hydrogens (tertiary/aromatic N) is 3. The molecular weight excluding hydrogens is 549 g/mol. The van der Waals surface area contributed by atoms with Crippen LogP contribution in [-0.2, 0) is 9.59 Å². The van der Waals surface area contributed by atoms with Gasteiger partial charge in [0.25, 0.3) is 5.91 Å². The zero-order chi connectivity index (χ0) is 27.4. The van der Waals surface area contributed by atoms with E-state index in [-0.39, 0.29) is 36.4 Å². The molecule has 1 N–H and O–H groups in total. The number of aromatic nitrogens is 2. The predicted octanol–water partition coefficient (Wildman–Crippen LogP) is 6.01. The number of amides is 2. The van der Waals surface area contributed by atoms with Crippen LogP contribution < -0.4 is 5.32 Å². The number of hydrogen-bond donors (Lipinski definition) is 1. The lowest BCUT2D eigenvalue weighted by molar-refractivity contribution is -0.122. The van der Waals surface area contributed by atoms with Crippen molar-refractivity contribution in [2.75, 3.05) is 17.6 Å². The Hall–Kier alpha value is -3.73. The van der Waals surface area contributed by atoms with Crippen LogP contribution in [0.2, 0.25) is 0 Å². The third-order valence-electron chi connectivity index (χ3n) is 5.93. The molecule has 1 aliphatic heterocycles. The predicted molar refractivity (Wildman–Crippen MR) is 162 cm³/mol. The zero-order valence-corrected chi connectivity index (χ0v) is 23.4. The van der Waals surface area contributed by atoms with E-state index in [1.165, 1.54) is 33.0 Å². The molecule has 2 heterocycles. The number of fused-ring (bicyclic) bond motifs is 1. The van der Waals surface area contributed by atoms with Gasteiger partial charge in [-0.3, -0.25) is 23.9 Å². The van der Waals surface area contributed by atoms with Gasteiger partial charge >= 0.3 is 0 Å². The van der Waals surface area contributed by atoms with Crippen molar-refractivity contribution < 1.29 is 14.4 Å². The van der Waals surface area contributed by atoms with Gasteiger partial charge in [0.05, 0.1) is 21.7 Å². The van der Waals surface area contributed by atoms with Crippen LogP contribution in [0.5, 0.6) is 0 Å². The first-order chi connectivity index (χ1) is 18.9. The van der Waals surface area contributed by atoms with Crippen molar-refractivity contribution in [2.45, 2.75) is 18.5 Å². The van der Waals surface area contributed by atoms with Crippen LogP contribution in [-0.4, -0.2) is 48.8 Å². The summed E-state index contributed by atoms with van der Waals surface area (Å²) in [6.07, 6.45) is 1.86. The second-order valence-corrected chi connectivity index (χ2v) is 11.4.